The molecule has 4 rings (SSSR count). The molecule has 2 aromatic carbocycles. The molecule has 2 aromatic heterocycles. The molecule has 0 atom stereocenters. The maximum Gasteiger partial charge on any atom is 0.138 e. The second-order valence-electron chi connectivity index (χ2n) is 6.12. The standard InChI is InChI=1S/C20H19N3/c1-14(2)19-20(23-12-6-5-9-18(23)22-19)21-17-11-10-15-7-3-4-8-16(15)13-17/h3-14,21H,1-2H3. The van der Waals surface area contributed by atoms with E-state index >= 15 is 0 Å². The van der Waals surface area contributed by atoms with Crippen LogP contribution < -0.4 is 5.32 Å². The van der Waals surface area contributed by atoms with Gasteiger partial charge < -0.3 is 5.32 Å². The lowest BCUT2D eigenvalue weighted by Crippen LogP contribution is -1.99. The van der Waals surface area contributed by atoms with E-state index < -0.39 is 0 Å². The second kappa shape index (κ2) is 5.43. The van der Waals surface area contributed by atoms with Crippen LogP contribution in [0.5, 0.6) is 0 Å². The monoisotopic (exact) mass is 301 g/mol. The first kappa shape index (κ1) is 13.8. The van der Waals surface area contributed by atoms with Crippen LogP contribution >= 0.6 is 0 Å². The Morgan fingerprint density at radius 2 is 1.70 bits per heavy atom. The molecule has 3 nitrogen and oxygen atoms in total. The SMILES string of the molecule is CC(C)c1nc2ccccn2c1Nc1ccc2ccccc2c1. The molecule has 0 saturated heterocycles. The van der Waals surface area contributed by atoms with Crippen molar-refractivity contribution in [2.75, 3.05) is 5.32 Å². The van der Waals surface area contributed by atoms with E-state index in [4.69, 9.17) is 4.98 Å². The third-order valence-corrected chi connectivity index (χ3v) is 4.12. The van der Waals surface area contributed by atoms with Gasteiger partial charge in [0.05, 0.1) is 5.69 Å². The highest BCUT2D eigenvalue weighted by Crippen LogP contribution is 2.29. The van der Waals surface area contributed by atoms with Gasteiger partial charge in [-0.3, -0.25) is 4.40 Å². The van der Waals surface area contributed by atoms with Crippen LogP contribution in [-0.2, 0) is 0 Å². The van der Waals surface area contributed by atoms with Crippen molar-refractivity contribution in [2.45, 2.75) is 19.8 Å². The predicted octanol–water partition coefficient (Wildman–Crippen LogP) is 5.35. The highest BCUT2D eigenvalue weighted by molar-refractivity contribution is 5.86. The van der Waals surface area contributed by atoms with Crippen molar-refractivity contribution in [3.63, 3.8) is 0 Å². The normalized spacial score (nSPS) is 11.4. The largest absolute Gasteiger partial charge is 0.340 e. The third-order valence-electron chi connectivity index (χ3n) is 4.12. The summed E-state index contributed by atoms with van der Waals surface area (Å²) in [4.78, 5) is 4.77. The van der Waals surface area contributed by atoms with E-state index in [1.54, 1.807) is 0 Å². The average Bonchev–Trinajstić information content (AvgIpc) is 2.94. The lowest BCUT2D eigenvalue weighted by Gasteiger charge is -2.11. The molecule has 1 N–H and O–H groups in total. The Balaban J connectivity index is 1.83. The summed E-state index contributed by atoms with van der Waals surface area (Å²) in [6, 6.07) is 20.9. The second-order valence-corrected chi connectivity index (χ2v) is 6.12. The number of anilines is 2. The van der Waals surface area contributed by atoms with Crippen LogP contribution in [0.15, 0.2) is 66.9 Å². The van der Waals surface area contributed by atoms with E-state index in [-0.39, 0.29) is 0 Å². The molecule has 0 bridgehead atoms. The van der Waals surface area contributed by atoms with Gasteiger partial charge in [-0.25, -0.2) is 4.98 Å². The number of fused-ring (bicyclic) bond motifs is 2. The first-order valence-electron chi connectivity index (χ1n) is 7.95. The van der Waals surface area contributed by atoms with Crippen molar-refractivity contribution < 1.29 is 0 Å². The van der Waals surface area contributed by atoms with Crippen molar-refractivity contribution >= 4 is 27.9 Å². The minimum Gasteiger partial charge on any atom is -0.340 e. The molecule has 0 fully saturated rings. The number of nitrogens with one attached hydrogen (secondary N) is 1. The van der Waals surface area contributed by atoms with Gasteiger partial charge in [0.15, 0.2) is 0 Å². The van der Waals surface area contributed by atoms with Crippen molar-refractivity contribution in [2.24, 2.45) is 0 Å². The zero-order chi connectivity index (χ0) is 15.8. The summed E-state index contributed by atoms with van der Waals surface area (Å²) in [5, 5.41) is 6.05. The molecule has 0 saturated carbocycles. The van der Waals surface area contributed by atoms with Crippen LogP contribution in [0.1, 0.15) is 25.5 Å². The van der Waals surface area contributed by atoms with Crippen LogP contribution in [0.25, 0.3) is 16.4 Å². The molecular weight excluding hydrogens is 282 g/mol. The number of pyridine rings is 1. The highest BCUT2D eigenvalue weighted by Gasteiger charge is 2.15. The smallest absolute Gasteiger partial charge is 0.138 e. The predicted molar refractivity (Wildman–Crippen MR) is 96.5 cm³/mol. The number of aromatic nitrogens is 2. The lowest BCUT2D eigenvalue weighted by molar-refractivity contribution is 0.837. The van der Waals surface area contributed by atoms with Crippen molar-refractivity contribution in [1.29, 1.82) is 0 Å². The number of imidazole rings is 1. The number of nitrogens with zero attached hydrogens (tertiary/aromatic N) is 2. The van der Waals surface area contributed by atoms with E-state index in [9.17, 15) is 0 Å². The minimum absolute atomic E-state index is 0.359. The Morgan fingerprint density at radius 3 is 2.52 bits per heavy atom. The summed E-state index contributed by atoms with van der Waals surface area (Å²) in [7, 11) is 0. The highest BCUT2D eigenvalue weighted by atomic mass is 15.1. The molecule has 4 aromatic rings. The van der Waals surface area contributed by atoms with Gasteiger partial charge in [-0.15, -0.1) is 0 Å². The maximum absolute atomic E-state index is 4.77. The zero-order valence-corrected chi connectivity index (χ0v) is 13.3. The average molecular weight is 301 g/mol. The van der Waals surface area contributed by atoms with Gasteiger partial charge >= 0.3 is 0 Å². The zero-order valence-electron chi connectivity index (χ0n) is 13.3. The molecule has 3 heteroatoms. The molecule has 0 aliphatic heterocycles. The summed E-state index contributed by atoms with van der Waals surface area (Å²) in [6.07, 6.45) is 2.05. The molecule has 0 aliphatic rings. The van der Waals surface area contributed by atoms with Crippen molar-refractivity contribution in [3.05, 3.63) is 72.6 Å². The molecule has 0 spiro atoms. The molecule has 0 unspecified atom stereocenters. The number of hydrogen-bond acceptors (Lipinski definition) is 2. The molecular formula is C20H19N3. The van der Waals surface area contributed by atoms with Gasteiger partial charge in [0.25, 0.3) is 0 Å². The number of hydrogen-bond donors (Lipinski definition) is 1. The Labute approximate surface area is 135 Å². The summed E-state index contributed by atoms with van der Waals surface area (Å²) < 4.78 is 2.12. The Kier molecular flexibility index (Phi) is 3.27. The van der Waals surface area contributed by atoms with Gasteiger partial charge in [0, 0.05) is 11.9 Å². The fraction of sp³-hybridized carbons (Fsp3) is 0.150. The van der Waals surface area contributed by atoms with Gasteiger partial charge in [-0.2, -0.15) is 0 Å². The lowest BCUT2D eigenvalue weighted by atomic mass is 10.1. The molecule has 114 valence electrons. The summed E-state index contributed by atoms with van der Waals surface area (Å²) in [6.45, 7) is 4.35. The van der Waals surface area contributed by atoms with E-state index in [0.717, 1.165) is 22.8 Å². The Bertz CT molecular complexity index is 982. The fourth-order valence-electron chi connectivity index (χ4n) is 2.94. The van der Waals surface area contributed by atoms with Crippen LogP contribution in [0, 0.1) is 0 Å². The van der Waals surface area contributed by atoms with Crippen molar-refractivity contribution in [3.8, 4) is 0 Å². The van der Waals surface area contributed by atoms with E-state index in [1.807, 2.05) is 18.2 Å². The first-order chi connectivity index (χ1) is 11.2. The Hall–Kier alpha value is -2.81. The van der Waals surface area contributed by atoms with E-state index in [0.29, 0.717) is 5.92 Å². The van der Waals surface area contributed by atoms with Crippen LogP contribution in [0.4, 0.5) is 11.5 Å². The molecule has 2 heterocycles. The Morgan fingerprint density at radius 1 is 0.913 bits per heavy atom. The van der Waals surface area contributed by atoms with Gasteiger partial charge in [0.1, 0.15) is 11.5 Å². The van der Waals surface area contributed by atoms with Gasteiger partial charge in [-0.1, -0.05) is 50.2 Å². The number of rotatable bonds is 3. The van der Waals surface area contributed by atoms with Gasteiger partial charge in [-0.05, 0) is 41.0 Å². The molecule has 0 amide bonds. The quantitative estimate of drug-likeness (QED) is 0.552. The summed E-state index contributed by atoms with van der Waals surface area (Å²) in [5.41, 5.74) is 3.14. The third kappa shape index (κ3) is 2.44. The first-order valence-corrected chi connectivity index (χ1v) is 7.95. The van der Waals surface area contributed by atoms with Crippen LogP contribution in [0.3, 0.4) is 0 Å². The molecule has 0 aliphatic carbocycles. The maximum atomic E-state index is 4.77. The topological polar surface area (TPSA) is 29.3 Å². The van der Waals surface area contributed by atoms with E-state index in [2.05, 4.69) is 72.2 Å². The number of benzene rings is 2. The summed E-state index contributed by atoms with van der Waals surface area (Å²) >= 11 is 0. The van der Waals surface area contributed by atoms with Crippen molar-refractivity contribution in [1.82, 2.24) is 9.38 Å². The van der Waals surface area contributed by atoms with E-state index in [1.165, 1.54) is 10.8 Å². The van der Waals surface area contributed by atoms with Crippen LogP contribution in [-0.4, -0.2) is 9.38 Å². The molecule has 0 radical (unpaired) electrons. The minimum atomic E-state index is 0.359. The molecule has 23 heavy (non-hydrogen) atoms. The van der Waals surface area contributed by atoms with Crippen LogP contribution in [0.2, 0.25) is 0 Å². The van der Waals surface area contributed by atoms with Gasteiger partial charge in [0.2, 0.25) is 0 Å². The summed E-state index contributed by atoms with van der Waals surface area (Å²) in [5.74, 6) is 1.41. The fourth-order valence-corrected chi connectivity index (χ4v) is 2.94.